The first-order valence-electron chi connectivity index (χ1n) is 9.42. The van der Waals surface area contributed by atoms with Crippen LogP contribution in [0, 0.1) is 0 Å². The van der Waals surface area contributed by atoms with E-state index in [0.29, 0.717) is 6.61 Å². The van der Waals surface area contributed by atoms with Gasteiger partial charge in [-0.05, 0) is 29.3 Å². The molecule has 0 amide bonds. The van der Waals surface area contributed by atoms with E-state index in [0.717, 1.165) is 36.5 Å². The number of ether oxygens (including phenoxy) is 2. The molecule has 1 fully saturated rings. The fourth-order valence-electron chi connectivity index (χ4n) is 3.37. The van der Waals surface area contributed by atoms with E-state index < -0.39 is 0 Å². The molecule has 1 saturated heterocycles. The number of aromatic nitrogens is 1. The molecule has 0 aliphatic carbocycles. The number of hydrogen-bond acceptors (Lipinski definition) is 4. The lowest BCUT2D eigenvalue weighted by Crippen LogP contribution is -2.43. The molecule has 4 heteroatoms. The smallest absolute Gasteiger partial charge is 0.168 e. The lowest BCUT2D eigenvalue weighted by molar-refractivity contribution is -0.0449. The second kappa shape index (κ2) is 8.80. The monoisotopic (exact) mass is 360 g/mol. The van der Waals surface area contributed by atoms with Crippen molar-refractivity contribution in [1.82, 2.24) is 10.3 Å². The van der Waals surface area contributed by atoms with Crippen LogP contribution in [0.1, 0.15) is 22.9 Å². The maximum atomic E-state index is 6.52. The van der Waals surface area contributed by atoms with E-state index in [9.17, 15) is 0 Å². The third-order valence-electron chi connectivity index (χ3n) is 4.74. The molecule has 27 heavy (non-hydrogen) atoms. The van der Waals surface area contributed by atoms with E-state index in [2.05, 4.69) is 46.7 Å². The Hall–Kier alpha value is -2.69. The Morgan fingerprint density at radius 3 is 2.59 bits per heavy atom. The van der Waals surface area contributed by atoms with Gasteiger partial charge in [0, 0.05) is 25.7 Å². The summed E-state index contributed by atoms with van der Waals surface area (Å²) in [6.07, 6.45) is 2.31. The van der Waals surface area contributed by atoms with Gasteiger partial charge in [0.1, 0.15) is 11.9 Å². The third kappa shape index (κ3) is 4.54. The van der Waals surface area contributed by atoms with Gasteiger partial charge in [-0.1, -0.05) is 54.6 Å². The standard InChI is InChI=1S/C23H24N2O2/c1-2-8-18(9-3-1)16-19-10-4-5-12-21(19)27-23(20-11-6-7-13-25-20)22-17-24-14-15-26-22/h1-13,22-24H,14-17H2. The lowest BCUT2D eigenvalue weighted by atomic mass is 10.0. The Bertz CT molecular complexity index is 833. The molecule has 1 aliphatic heterocycles. The van der Waals surface area contributed by atoms with Crippen LogP contribution in [-0.2, 0) is 11.2 Å². The van der Waals surface area contributed by atoms with Crippen LogP contribution in [0.3, 0.4) is 0 Å². The van der Waals surface area contributed by atoms with Crippen LogP contribution in [-0.4, -0.2) is 30.8 Å². The van der Waals surface area contributed by atoms with E-state index in [4.69, 9.17) is 9.47 Å². The Balaban J connectivity index is 1.61. The molecule has 0 bridgehead atoms. The zero-order valence-electron chi connectivity index (χ0n) is 15.3. The molecule has 3 aromatic rings. The van der Waals surface area contributed by atoms with E-state index in [1.54, 1.807) is 6.20 Å². The van der Waals surface area contributed by atoms with Crippen molar-refractivity contribution in [2.45, 2.75) is 18.6 Å². The van der Waals surface area contributed by atoms with Crippen molar-refractivity contribution in [2.75, 3.05) is 19.7 Å². The minimum Gasteiger partial charge on any atom is -0.481 e. The van der Waals surface area contributed by atoms with Crippen molar-refractivity contribution in [3.05, 3.63) is 95.8 Å². The van der Waals surface area contributed by atoms with Crippen LogP contribution < -0.4 is 10.1 Å². The highest BCUT2D eigenvalue weighted by Gasteiger charge is 2.29. The largest absolute Gasteiger partial charge is 0.481 e. The molecule has 4 rings (SSSR count). The summed E-state index contributed by atoms with van der Waals surface area (Å²) in [6, 6.07) is 24.6. The van der Waals surface area contributed by atoms with Crippen LogP contribution in [0.25, 0.3) is 0 Å². The van der Waals surface area contributed by atoms with Crippen LogP contribution in [0.15, 0.2) is 79.0 Å². The van der Waals surface area contributed by atoms with E-state index >= 15 is 0 Å². The second-order valence-electron chi connectivity index (χ2n) is 6.68. The van der Waals surface area contributed by atoms with Crippen LogP contribution in [0.2, 0.25) is 0 Å². The van der Waals surface area contributed by atoms with Crippen molar-refractivity contribution in [2.24, 2.45) is 0 Å². The number of hydrogen-bond donors (Lipinski definition) is 1. The van der Waals surface area contributed by atoms with E-state index in [1.807, 2.05) is 36.4 Å². The van der Waals surface area contributed by atoms with Crippen molar-refractivity contribution in [1.29, 1.82) is 0 Å². The van der Waals surface area contributed by atoms with E-state index in [1.165, 1.54) is 5.56 Å². The third-order valence-corrected chi connectivity index (χ3v) is 4.74. The molecule has 0 radical (unpaired) electrons. The first-order valence-corrected chi connectivity index (χ1v) is 9.42. The summed E-state index contributed by atoms with van der Waals surface area (Å²) in [5.74, 6) is 0.881. The van der Waals surface area contributed by atoms with Crippen LogP contribution >= 0.6 is 0 Å². The number of nitrogens with one attached hydrogen (secondary N) is 1. The van der Waals surface area contributed by atoms with E-state index in [-0.39, 0.29) is 12.2 Å². The number of benzene rings is 2. The topological polar surface area (TPSA) is 43.4 Å². The summed E-state index contributed by atoms with van der Waals surface area (Å²) in [4.78, 5) is 4.53. The molecule has 2 unspecified atom stereocenters. The molecule has 138 valence electrons. The summed E-state index contributed by atoms with van der Waals surface area (Å²) in [5.41, 5.74) is 3.31. The first-order chi connectivity index (χ1) is 13.4. The highest BCUT2D eigenvalue weighted by molar-refractivity contribution is 5.38. The minimum atomic E-state index is -0.254. The highest BCUT2D eigenvalue weighted by Crippen LogP contribution is 2.29. The number of rotatable bonds is 6. The molecular formula is C23H24N2O2. The Morgan fingerprint density at radius 1 is 1.00 bits per heavy atom. The molecule has 2 aromatic carbocycles. The maximum Gasteiger partial charge on any atom is 0.168 e. The molecule has 4 nitrogen and oxygen atoms in total. The van der Waals surface area contributed by atoms with Gasteiger partial charge in [0.2, 0.25) is 0 Å². The summed E-state index contributed by atoms with van der Waals surface area (Å²) in [6.45, 7) is 2.31. The average Bonchev–Trinajstić information content (AvgIpc) is 2.75. The van der Waals surface area contributed by atoms with Gasteiger partial charge in [-0.3, -0.25) is 4.98 Å². The Kier molecular flexibility index (Phi) is 5.77. The van der Waals surface area contributed by atoms with Gasteiger partial charge in [0.05, 0.1) is 12.3 Å². The summed E-state index contributed by atoms with van der Waals surface area (Å²) < 4.78 is 12.5. The molecular weight excluding hydrogens is 336 g/mol. The van der Waals surface area contributed by atoms with Gasteiger partial charge in [-0.25, -0.2) is 0 Å². The molecule has 2 heterocycles. The highest BCUT2D eigenvalue weighted by atomic mass is 16.5. The molecule has 1 N–H and O–H groups in total. The summed E-state index contributed by atoms with van der Waals surface area (Å²) in [7, 11) is 0. The fourth-order valence-corrected chi connectivity index (χ4v) is 3.37. The van der Waals surface area contributed by atoms with Gasteiger partial charge in [0.25, 0.3) is 0 Å². The number of nitrogens with zero attached hydrogens (tertiary/aromatic N) is 1. The average molecular weight is 360 g/mol. The van der Waals surface area contributed by atoms with Gasteiger partial charge in [0.15, 0.2) is 6.10 Å². The number of morpholine rings is 1. The van der Waals surface area contributed by atoms with Crippen molar-refractivity contribution in [3.8, 4) is 5.75 Å². The summed E-state index contributed by atoms with van der Waals surface area (Å²) in [5, 5.41) is 3.39. The normalized spacial score (nSPS) is 18.0. The predicted molar refractivity (Wildman–Crippen MR) is 106 cm³/mol. The van der Waals surface area contributed by atoms with Gasteiger partial charge < -0.3 is 14.8 Å². The molecule has 0 spiro atoms. The fraction of sp³-hybridized carbons (Fsp3) is 0.261. The first kappa shape index (κ1) is 17.7. The van der Waals surface area contributed by atoms with Crippen molar-refractivity contribution < 1.29 is 9.47 Å². The van der Waals surface area contributed by atoms with Gasteiger partial charge in [-0.2, -0.15) is 0 Å². The lowest BCUT2D eigenvalue weighted by Gasteiger charge is -2.31. The van der Waals surface area contributed by atoms with Gasteiger partial charge >= 0.3 is 0 Å². The SMILES string of the molecule is c1ccc(Cc2ccccc2OC(c2ccccn2)C2CNCCO2)cc1. The predicted octanol–water partition coefficient (Wildman–Crippen LogP) is 3.78. The maximum absolute atomic E-state index is 6.52. The van der Waals surface area contributed by atoms with Crippen molar-refractivity contribution in [3.63, 3.8) is 0 Å². The molecule has 1 aromatic heterocycles. The Morgan fingerprint density at radius 2 is 1.81 bits per heavy atom. The quantitative estimate of drug-likeness (QED) is 0.726. The number of para-hydroxylation sites is 1. The second-order valence-corrected chi connectivity index (χ2v) is 6.68. The zero-order valence-corrected chi connectivity index (χ0v) is 15.3. The van der Waals surface area contributed by atoms with Crippen LogP contribution in [0.5, 0.6) is 5.75 Å². The Labute approximate surface area is 160 Å². The van der Waals surface area contributed by atoms with Crippen molar-refractivity contribution >= 4 is 0 Å². The minimum absolute atomic E-state index is 0.0709. The van der Waals surface area contributed by atoms with Crippen LogP contribution in [0.4, 0.5) is 0 Å². The van der Waals surface area contributed by atoms with Gasteiger partial charge in [-0.15, -0.1) is 0 Å². The molecule has 0 saturated carbocycles. The number of pyridine rings is 1. The molecule has 1 aliphatic rings. The summed E-state index contributed by atoms with van der Waals surface area (Å²) >= 11 is 0. The zero-order chi connectivity index (χ0) is 18.3. The molecule has 2 atom stereocenters.